The Morgan fingerprint density at radius 1 is 1.26 bits per heavy atom. The van der Waals surface area contributed by atoms with Crippen molar-refractivity contribution >= 4 is 23.3 Å². The highest BCUT2D eigenvalue weighted by Crippen LogP contribution is 2.25. The Morgan fingerprint density at radius 3 is 2.94 bits per heavy atom. The van der Waals surface area contributed by atoms with Crippen LogP contribution in [-0.2, 0) is 6.54 Å². The van der Waals surface area contributed by atoms with Gasteiger partial charge in [0.2, 0.25) is 0 Å². The molecule has 1 aromatic carbocycles. The second-order valence-electron chi connectivity index (χ2n) is 7.74. The molecule has 1 fully saturated rings. The Morgan fingerprint density at radius 2 is 2.16 bits per heavy atom. The predicted octanol–water partition coefficient (Wildman–Crippen LogP) is 3.80. The van der Waals surface area contributed by atoms with Gasteiger partial charge in [0.05, 0.1) is 5.69 Å². The molecule has 0 bridgehead atoms. The highest BCUT2D eigenvalue weighted by Gasteiger charge is 2.23. The number of nitrogens with one attached hydrogen (secondary N) is 2. The van der Waals surface area contributed by atoms with Gasteiger partial charge < -0.3 is 15.3 Å². The minimum Gasteiger partial charge on any atom is -0.396 e. The van der Waals surface area contributed by atoms with Crippen LogP contribution in [0.15, 0.2) is 48.7 Å². The van der Waals surface area contributed by atoms with Crippen molar-refractivity contribution in [2.24, 2.45) is 0 Å². The quantitative estimate of drug-likeness (QED) is 0.520. The van der Waals surface area contributed by atoms with Crippen molar-refractivity contribution in [3.05, 3.63) is 64.9 Å². The second-order valence-corrected chi connectivity index (χ2v) is 8.18. The second kappa shape index (κ2) is 9.94. The number of aromatic amines is 1. The number of carbonyl (C=O) groups excluding carboxylic acids is 1. The minimum atomic E-state index is -0.233. The van der Waals surface area contributed by atoms with Crippen molar-refractivity contribution < 1.29 is 9.90 Å². The van der Waals surface area contributed by atoms with E-state index in [-0.39, 0.29) is 12.5 Å². The normalized spacial score (nSPS) is 16.3. The van der Waals surface area contributed by atoms with Gasteiger partial charge in [-0.1, -0.05) is 29.8 Å². The minimum absolute atomic E-state index is 0.192. The molecular formula is C23H26ClN5O2. The van der Waals surface area contributed by atoms with Crippen LogP contribution in [-0.4, -0.2) is 45.4 Å². The maximum atomic E-state index is 12.5. The van der Waals surface area contributed by atoms with Gasteiger partial charge in [-0.3, -0.25) is 9.89 Å². The first kappa shape index (κ1) is 21.3. The van der Waals surface area contributed by atoms with Crippen LogP contribution in [0, 0.1) is 0 Å². The van der Waals surface area contributed by atoms with Gasteiger partial charge >= 0.3 is 0 Å². The fourth-order valence-corrected chi connectivity index (χ4v) is 4.14. The van der Waals surface area contributed by atoms with E-state index in [1.807, 2.05) is 24.3 Å². The number of piperidine rings is 1. The van der Waals surface area contributed by atoms with Crippen LogP contribution in [0.1, 0.15) is 41.7 Å². The molecule has 1 aliphatic heterocycles. The third kappa shape index (κ3) is 5.24. The number of amides is 1. The van der Waals surface area contributed by atoms with Crippen LogP contribution < -0.4 is 10.2 Å². The first-order valence-electron chi connectivity index (χ1n) is 10.6. The lowest BCUT2D eigenvalue weighted by Gasteiger charge is -2.36. The van der Waals surface area contributed by atoms with E-state index in [1.54, 1.807) is 24.4 Å². The zero-order chi connectivity index (χ0) is 21.6. The van der Waals surface area contributed by atoms with Crippen LogP contribution in [0.25, 0.3) is 11.3 Å². The molecule has 7 nitrogen and oxygen atoms in total. The number of pyridine rings is 1. The summed E-state index contributed by atoms with van der Waals surface area (Å²) in [5, 5.41) is 19.8. The van der Waals surface area contributed by atoms with Crippen LogP contribution in [0.2, 0.25) is 5.02 Å². The Balaban J connectivity index is 1.35. The maximum Gasteiger partial charge on any atom is 0.269 e. The number of benzene rings is 1. The molecule has 1 atom stereocenters. The van der Waals surface area contributed by atoms with E-state index in [0.717, 1.165) is 42.8 Å². The number of nitrogens with zero attached hydrogens (tertiary/aromatic N) is 3. The Bertz CT molecular complexity index is 1020. The molecule has 1 saturated heterocycles. The maximum absolute atomic E-state index is 12.5. The molecular weight excluding hydrogens is 414 g/mol. The van der Waals surface area contributed by atoms with Crippen LogP contribution in [0.5, 0.6) is 0 Å². The average molecular weight is 440 g/mol. The fraction of sp³-hybridized carbons (Fsp3) is 0.348. The van der Waals surface area contributed by atoms with E-state index in [2.05, 4.69) is 25.4 Å². The zero-order valence-corrected chi connectivity index (χ0v) is 18.0. The molecule has 2 aromatic heterocycles. The topological polar surface area (TPSA) is 94.1 Å². The summed E-state index contributed by atoms with van der Waals surface area (Å²) in [4.78, 5) is 19.4. The fourth-order valence-electron chi connectivity index (χ4n) is 3.95. The van der Waals surface area contributed by atoms with E-state index >= 15 is 0 Å². The molecule has 0 aliphatic carbocycles. The van der Waals surface area contributed by atoms with Gasteiger partial charge in [0.25, 0.3) is 5.91 Å². The molecule has 3 N–H and O–H groups in total. The van der Waals surface area contributed by atoms with E-state index in [1.165, 1.54) is 6.42 Å². The summed E-state index contributed by atoms with van der Waals surface area (Å²) >= 11 is 6.03. The average Bonchev–Trinajstić information content (AvgIpc) is 3.29. The highest BCUT2D eigenvalue weighted by atomic mass is 35.5. The van der Waals surface area contributed by atoms with Crippen molar-refractivity contribution in [2.45, 2.75) is 38.3 Å². The van der Waals surface area contributed by atoms with E-state index in [0.29, 0.717) is 29.0 Å². The SMILES string of the molecule is O=C(NCc1ccc(N2CCCCC2CCO)nc1)c1cc(-c2cccc(Cl)c2)n[nH]1. The van der Waals surface area contributed by atoms with Gasteiger partial charge in [-0.2, -0.15) is 5.10 Å². The predicted molar refractivity (Wildman–Crippen MR) is 121 cm³/mol. The summed E-state index contributed by atoms with van der Waals surface area (Å²) in [5.41, 5.74) is 2.82. The number of halogens is 1. The smallest absolute Gasteiger partial charge is 0.269 e. The monoisotopic (exact) mass is 439 g/mol. The van der Waals surface area contributed by atoms with Gasteiger partial charge in [0.15, 0.2) is 0 Å². The van der Waals surface area contributed by atoms with Gasteiger partial charge in [-0.05, 0) is 55.5 Å². The lowest BCUT2D eigenvalue weighted by atomic mass is 9.99. The first-order valence-corrected chi connectivity index (χ1v) is 10.9. The van der Waals surface area contributed by atoms with E-state index in [9.17, 15) is 9.90 Å². The number of carbonyl (C=O) groups is 1. The highest BCUT2D eigenvalue weighted by molar-refractivity contribution is 6.30. The number of aliphatic hydroxyl groups excluding tert-OH is 1. The molecule has 1 aliphatic rings. The number of aromatic nitrogens is 3. The number of H-pyrrole nitrogens is 1. The van der Waals surface area contributed by atoms with Crippen LogP contribution in [0.4, 0.5) is 5.82 Å². The summed E-state index contributed by atoms with van der Waals surface area (Å²) in [7, 11) is 0. The summed E-state index contributed by atoms with van der Waals surface area (Å²) in [5.74, 6) is 0.692. The molecule has 31 heavy (non-hydrogen) atoms. The van der Waals surface area contributed by atoms with Crippen molar-refractivity contribution in [2.75, 3.05) is 18.1 Å². The molecule has 3 heterocycles. The summed E-state index contributed by atoms with van der Waals surface area (Å²) in [6.07, 6.45) is 5.98. The standard InChI is InChI=1S/C23H26ClN5O2/c24-18-5-3-4-17(12-18)20-13-21(28-27-20)23(31)26-15-16-7-8-22(25-14-16)29-10-2-1-6-19(29)9-11-30/h3-5,7-8,12-14,19,30H,1-2,6,9-11,15H2,(H,26,31)(H,27,28). The zero-order valence-electron chi connectivity index (χ0n) is 17.2. The van der Waals surface area contributed by atoms with Gasteiger partial charge in [0, 0.05) is 42.5 Å². The number of aliphatic hydroxyl groups is 1. The van der Waals surface area contributed by atoms with Crippen molar-refractivity contribution in [1.82, 2.24) is 20.5 Å². The van der Waals surface area contributed by atoms with Crippen molar-refractivity contribution in [3.8, 4) is 11.3 Å². The number of rotatable bonds is 7. The molecule has 8 heteroatoms. The molecule has 4 rings (SSSR count). The van der Waals surface area contributed by atoms with Crippen molar-refractivity contribution in [3.63, 3.8) is 0 Å². The van der Waals surface area contributed by atoms with Crippen LogP contribution >= 0.6 is 11.6 Å². The summed E-state index contributed by atoms with van der Waals surface area (Å²) < 4.78 is 0. The molecule has 3 aromatic rings. The van der Waals surface area contributed by atoms with E-state index in [4.69, 9.17) is 11.6 Å². The largest absolute Gasteiger partial charge is 0.396 e. The molecule has 1 amide bonds. The lowest BCUT2D eigenvalue weighted by molar-refractivity contribution is 0.0946. The molecule has 0 spiro atoms. The van der Waals surface area contributed by atoms with Gasteiger partial charge in [-0.25, -0.2) is 4.98 Å². The Kier molecular flexibility index (Phi) is 6.84. The van der Waals surface area contributed by atoms with Gasteiger partial charge in [0.1, 0.15) is 11.5 Å². The molecule has 0 radical (unpaired) electrons. The Labute approximate surface area is 186 Å². The Hall–Kier alpha value is -2.90. The molecule has 0 saturated carbocycles. The third-order valence-corrected chi connectivity index (χ3v) is 5.82. The molecule has 162 valence electrons. The third-order valence-electron chi connectivity index (χ3n) is 5.59. The first-order chi connectivity index (χ1) is 15.1. The lowest BCUT2D eigenvalue weighted by Crippen LogP contribution is -2.40. The number of hydrogen-bond donors (Lipinski definition) is 3. The van der Waals surface area contributed by atoms with Gasteiger partial charge in [-0.15, -0.1) is 0 Å². The number of anilines is 1. The van der Waals surface area contributed by atoms with Crippen LogP contribution in [0.3, 0.4) is 0 Å². The summed E-state index contributed by atoms with van der Waals surface area (Å²) in [6.45, 7) is 1.53. The van der Waals surface area contributed by atoms with Crippen molar-refractivity contribution in [1.29, 1.82) is 0 Å². The van der Waals surface area contributed by atoms with E-state index < -0.39 is 0 Å². The molecule has 1 unspecified atom stereocenters. The summed E-state index contributed by atoms with van der Waals surface area (Å²) in [6, 6.07) is 13.4. The number of hydrogen-bond acceptors (Lipinski definition) is 5.